The molecule has 3 aromatic rings. The Labute approximate surface area is 144 Å². The van der Waals surface area contributed by atoms with Crippen molar-refractivity contribution in [2.75, 3.05) is 0 Å². The SMILES string of the molecule is Cc1nc2c(O)c(CCC(=O)c3ccccc3)c(C(=O)O)cc2n1C. The lowest BCUT2D eigenvalue weighted by atomic mass is 9.97. The molecule has 0 aliphatic heterocycles. The number of aryl methyl sites for hydroxylation is 2. The quantitative estimate of drug-likeness (QED) is 0.697. The molecule has 2 aromatic carbocycles. The highest BCUT2D eigenvalue weighted by Crippen LogP contribution is 2.33. The maximum absolute atomic E-state index is 12.3. The number of nitrogens with zero attached hydrogens (tertiary/aromatic N) is 2. The Bertz CT molecular complexity index is 974. The van der Waals surface area contributed by atoms with Crippen LogP contribution >= 0.6 is 0 Å². The number of carboxylic acids is 1. The van der Waals surface area contributed by atoms with E-state index in [0.717, 1.165) is 0 Å². The van der Waals surface area contributed by atoms with E-state index in [1.807, 2.05) is 6.07 Å². The maximum Gasteiger partial charge on any atom is 0.336 e. The predicted molar refractivity (Wildman–Crippen MR) is 93.2 cm³/mol. The van der Waals surface area contributed by atoms with Crippen LogP contribution in [0.4, 0.5) is 0 Å². The van der Waals surface area contributed by atoms with Gasteiger partial charge in [-0.15, -0.1) is 0 Å². The first-order valence-corrected chi connectivity index (χ1v) is 7.89. The van der Waals surface area contributed by atoms with Crippen LogP contribution in [-0.4, -0.2) is 31.5 Å². The highest BCUT2D eigenvalue weighted by molar-refractivity contribution is 5.99. The van der Waals surface area contributed by atoms with E-state index >= 15 is 0 Å². The summed E-state index contributed by atoms with van der Waals surface area (Å²) in [4.78, 5) is 28.2. The van der Waals surface area contributed by atoms with E-state index in [2.05, 4.69) is 4.98 Å². The average molecular weight is 338 g/mol. The average Bonchev–Trinajstić information content (AvgIpc) is 2.89. The van der Waals surface area contributed by atoms with E-state index < -0.39 is 5.97 Å². The smallest absolute Gasteiger partial charge is 0.336 e. The summed E-state index contributed by atoms with van der Waals surface area (Å²) < 4.78 is 1.72. The second-order valence-electron chi connectivity index (χ2n) is 5.93. The number of carbonyl (C=O) groups is 2. The largest absolute Gasteiger partial charge is 0.505 e. The number of aromatic carboxylic acids is 1. The minimum absolute atomic E-state index is 0.00568. The van der Waals surface area contributed by atoms with Gasteiger partial charge in [-0.25, -0.2) is 9.78 Å². The number of Topliss-reactive ketones (excluding diaryl/α,β-unsaturated/α-hetero) is 1. The van der Waals surface area contributed by atoms with E-state index in [9.17, 15) is 19.8 Å². The Morgan fingerprint density at radius 1 is 1.20 bits per heavy atom. The van der Waals surface area contributed by atoms with E-state index in [0.29, 0.717) is 22.4 Å². The van der Waals surface area contributed by atoms with Crippen LogP contribution in [0.3, 0.4) is 0 Å². The summed E-state index contributed by atoms with van der Waals surface area (Å²) in [6, 6.07) is 10.3. The fourth-order valence-corrected chi connectivity index (χ4v) is 2.91. The number of ketones is 1. The number of hydrogen-bond donors (Lipinski definition) is 2. The molecule has 0 saturated carbocycles. The third-order valence-corrected chi connectivity index (χ3v) is 4.41. The van der Waals surface area contributed by atoms with Crippen molar-refractivity contribution in [1.29, 1.82) is 0 Å². The van der Waals surface area contributed by atoms with Crippen molar-refractivity contribution in [3.05, 3.63) is 58.9 Å². The molecule has 0 aliphatic carbocycles. The van der Waals surface area contributed by atoms with Gasteiger partial charge < -0.3 is 14.8 Å². The summed E-state index contributed by atoms with van der Waals surface area (Å²) >= 11 is 0. The lowest BCUT2D eigenvalue weighted by molar-refractivity contribution is 0.0694. The second kappa shape index (κ2) is 6.39. The number of imidazole rings is 1. The summed E-state index contributed by atoms with van der Waals surface area (Å²) in [6.07, 6.45) is 0.238. The van der Waals surface area contributed by atoms with Crippen molar-refractivity contribution in [3.63, 3.8) is 0 Å². The minimum atomic E-state index is -1.14. The van der Waals surface area contributed by atoms with Gasteiger partial charge in [-0.2, -0.15) is 0 Å². The van der Waals surface area contributed by atoms with Crippen molar-refractivity contribution in [2.24, 2.45) is 7.05 Å². The van der Waals surface area contributed by atoms with Crippen LogP contribution in [-0.2, 0) is 13.5 Å². The molecular weight excluding hydrogens is 320 g/mol. The predicted octanol–water partition coefficient (Wildman–Crippen LogP) is 3.10. The van der Waals surface area contributed by atoms with Gasteiger partial charge in [0.2, 0.25) is 0 Å². The zero-order valence-corrected chi connectivity index (χ0v) is 14.0. The summed E-state index contributed by atoms with van der Waals surface area (Å²) in [6.45, 7) is 1.78. The number of aromatic nitrogens is 2. The van der Waals surface area contributed by atoms with Crippen molar-refractivity contribution in [2.45, 2.75) is 19.8 Å². The van der Waals surface area contributed by atoms with Crippen LogP contribution in [0.5, 0.6) is 5.75 Å². The molecule has 0 fully saturated rings. The highest BCUT2D eigenvalue weighted by atomic mass is 16.4. The van der Waals surface area contributed by atoms with Gasteiger partial charge in [-0.3, -0.25) is 4.79 Å². The summed E-state index contributed by atoms with van der Waals surface area (Å²) in [5.74, 6) is -0.745. The summed E-state index contributed by atoms with van der Waals surface area (Å²) in [5, 5.41) is 20.1. The van der Waals surface area contributed by atoms with Crippen LogP contribution in [0.2, 0.25) is 0 Å². The number of rotatable bonds is 5. The second-order valence-corrected chi connectivity index (χ2v) is 5.93. The number of hydrogen-bond acceptors (Lipinski definition) is 4. The standard InChI is InChI=1S/C19H18N2O4/c1-11-20-17-15(21(11)2)10-14(19(24)25)13(18(17)23)8-9-16(22)12-6-4-3-5-7-12/h3-7,10,23H,8-9H2,1-2H3,(H,24,25). The van der Waals surface area contributed by atoms with Crippen molar-refractivity contribution in [1.82, 2.24) is 9.55 Å². The van der Waals surface area contributed by atoms with E-state index in [-0.39, 0.29) is 35.5 Å². The molecule has 0 bridgehead atoms. The Morgan fingerprint density at radius 3 is 2.52 bits per heavy atom. The summed E-state index contributed by atoms with van der Waals surface area (Å²) in [5.41, 5.74) is 1.70. The Balaban J connectivity index is 2.00. The fraction of sp³-hybridized carbons (Fsp3) is 0.211. The molecule has 0 atom stereocenters. The lowest BCUT2D eigenvalue weighted by Gasteiger charge is -2.10. The van der Waals surface area contributed by atoms with Crippen LogP contribution < -0.4 is 0 Å². The third-order valence-electron chi connectivity index (χ3n) is 4.41. The van der Waals surface area contributed by atoms with Crippen molar-refractivity contribution >= 4 is 22.8 Å². The summed E-state index contributed by atoms with van der Waals surface area (Å²) in [7, 11) is 1.76. The zero-order chi connectivity index (χ0) is 18.1. The van der Waals surface area contributed by atoms with Gasteiger partial charge in [0, 0.05) is 24.6 Å². The normalized spacial score (nSPS) is 11.0. The molecule has 1 aromatic heterocycles. The molecule has 0 unspecified atom stereocenters. The van der Waals surface area contributed by atoms with Gasteiger partial charge in [0.1, 0.15) is 17.1 Å². The van der Waals surface area contributed by atoms with E-state index in [1.165, 1.54) is 6.07 Å². The molecule has 25 heavy (non-hydrogen) atoms. The molecule has 128 valence electrons. The Morgan fingerprint density at radius 2 is 1.88 bits per heavy atom. The van der Waals surface area contributed by atoms with Crippen LogP contribution in [0.15, 0.2) is 36.4 Å². The minimum Gasteiger partial charge on any atom is -0.505 e. The Hall–Kier alpha value is -3.15. The number of carbonyl (C=O) groups excluding carboxylic acids is 1. The molecule has 1 heterocycles. The highest BCUT2D eigenvalue weighted by Gasteiger charge is 2.21. The molecule has 0 saturated heterocycles. The first-order chi connectivity index (χ1) is 11.9. The monoisotopic (exact) mass is 338 g/mol. The number of benzene rings is 2. The zero-order valence-electron chi connectivity index (χ0n) is 14.0. The van der Waals surface area contributed by atoms with Gasteiger partial charge in [0.25, 0.3) is 0 Å². The van der Waals surface area contributed by atoms with Gasteiger partial charge in [0.15, 0.2) is 5.78 Å². The third kappa shape index (κ3) is 2.98. The molecule has 6 heteroatoms. The molecule has 0 aliphatic rings. The number of carboxylic acid groups (broad SMARTS) is 1. The molecule has 2 N–H and O–H groups in total. The van der Waals surface area contributed by atoms with Crippen LogP contribution in [0.25, 0.3) is 11.0 Å². The molecule has 0 radical (unpaired) electrons. The molecular formula is C19H18N2O4. The first-order valence-electron chi connectivity index (χ1n) is 7.89. The van der Waals surface area contributed by atoms with Gasteiger partial charge in [-0.05, 0) is 19.4 Å². The number of aromatic hydroxyl groups is 1. The molecule has 6 nitrogen and oxygen atoms in total. The fourth-order valence-electron chi connectivity index (χ4n) is 2.91. The Kier molecular flexibility index (Phi) is 4.27. The maximum atomic E-state index is 12.3. The number of phenolic OH excluding ortho intramolecular Hbond substituents is 1. The first kappa shape index (κ1) is 16.7. The van der Waals surface area contributed by atoms with Crippen molar-refractivity contribution in [3.8, 4) is 5.75 Å². The number of fused-ring (bicyclic) bond motifs is 1. The van der Waals surface area contributed by atoms with Crippen LogP contribution in [0, 0.1) is 6.92 Å². The van der Waals surface area contributed by atoms with Gasteiger partial charge in [-0.1, -0.05) is 30.3 Å². The van der Waals surface area contributed by atoms with Gasteiger partial charge >= 0.3 is 5.97 Å². The van der Waals surface area contributed by atoms with Gasteiger partial charge in [0.05, 0.1) is 11.1 Å². The molecule has 0 amide bonds. The number of phenols is 1. The molecule has 0 spiro atoms. The molecule has 3 rings (SSSR count). The lowest BCUT2D eigenvalue weighted by Crippen LogP contribution is -2.07. The van der Waals surface area contributed by atoms with Crippen LogP contribution in [0.1, 0.15) is 38.5 Å². The van der Waals surface area contributed by atoms with E-state index in [1.54, 1.807) is 42.8 Å². The topological polar surface area (TPSA) is 92.4 Å². The van der Waals surface area contributed by atoms with Crippen molar-refractivity contribution < 1.29 is 19.8 Å². The van der Waals surface area contributed by atoms with E-state index in [4.69, 9.17) is 0 Å².